The number of hydrogen-bond acceptors (Lipinski definition) is 1. The van der Waals surface area contributed by atoms with Crippen molar-refractivity contribution >= 4 is 11.8 Å². The highest BCUT2D eigenvalue weighted by atomic mass is 14.6. The molecule has 0 unspecified atom stereocenters. The summed E-state index contributed by atoms with van der Waals surface area (Å²) in [4.78, 5) is 4.02. The van der Waals surface area contributed by atoms with E-state index in [2.05, 4.69) is 36.7 Å². The minimum absolute atomic E-state index is 1.09. The molecule has 0 amide bonds. The summed E-state index contributed by atoms with van der Waals surface area (Å²) in [6, 6.07) is 8.34. The smallest absolute Gasteiger partial charge is 0.0287 e. The average molecular weight is 185 g/mol. The second kappa shape index (κ2) is 5.18. The Bertz CT molecular complexity index is 373. The van der Waals surface area contributed by atoms with Crippen LogP contribution in [0.5, 0.6) is 0 Å². The van der Waals surface area contributed by atoms with Crippen molar-refractivity contribution in [2.24, 2.45) is 4.99 Å². The van der Waals surface area contributed by atoms with Crippen molar-refractivity contribution in [2.45, 2.75) is 6.92 Å². The second-order valence-electron chi connectivity index (χ2n) is 3.11. The average Bonchev–Trinajstić information content (AvgIpc) is 2.17. The molecule has 0 aliphatic carbocycles. The van der Waals surface area contributed by atoms with Crippen molar-refractivity contribution in [1.29, 1.82) is 0 Å². The van der Waals surface area contributed by atoms with Gasteiger partial charge in [0, 0.05) is 13.3 Å². The molecule has 0 bridgehead atoms. The quantitative estimate of drug-likeness (QED) is 0.506. The molecule has 0 fully saturated rings. The van der Waals surface area contributed by atoms with E-state index in [1.54, 1.807) is 13.1 Å². The third-order valence-electron chi connectivity index (χ3n) is 1.92. The Balaban J connectivity index is 3.11. The second-order valence-corrected chi connectivity index (χ2v) is 3.11. The molecule has 0 aromatic heterocycles. The van der Waals surface area contributed by atoms with E-state index in [4.69, 9.17) is 0 Å². The van der Waals surface area contributed by atoms with E-state index >= 15 is 0 Å². The van der Waals surface area contributed by atoms with Gasteiger partial charge in [-0.25, -0.2) is 0 Å². The molecule has 1 nitrogen and oxygen atoms in total. The monoisotopic (exact) mass is 185 g/mol. The van der Waals surface area contributed by atoms with E-state index in [0.717, 1.165) is 5.57 Å². The molecule has 1 aromatic rings. The van der Waals surface area contributed by atoms with Gasteiger partial charge in [0.15, 0.2) is 0 Å². The van der Waals surface area contributed by atoms with Crippen molar-refractivity contribution in [3.63, 3.8) is 0 Å². The minimum Gasteiger partial charge on any atom is -0.296 e. The fraction of sp³-hybridized carbons (Fsp3) is 0.154. The maximum Gasteiger partial charge on any atom is 0.0287 e. The zero-order valence-corrected chi connectivity index (χ0v) is 8.70. The highest BCUT2D eigenvalue weighted by molar-refractivity contribution is 6.10. The van der Waals surface area contributed by atoms with Crippen LogP contribution in [0.2, 0.25) is 0 Å². The van der Waals surface area contributed by atoms with Gasteiger partial charge in [0.1, 0.15) is 0 Å². The van der Waals surface area contributed by atoms with E-state index in [9.17, 15) is 0 Å². The molecule has 14 heavy (non-hydrogen) atoms. The van der Waals surface area contributed by atoms with E-state index in [0.29, 0.717) is 0 Å². The Labute approximate surface area is 85.5 Å². The zero-order valence-electron chi connectivity index (χ0n) is 8.70. The van der Waals surface area contributed by atoms with Crippen molar-refractivity contribution in [3.8, 4) is 0 Å². The number of rotatable bonds is 3. The molecule has 1 rings (SSSR count). The van der Waals surface area contributed by atoms with Gasteiger partial charge in [0.25, 0.3) is 0 Å². The Morgan fingerprint density at radius 3 is 2.79 bits per heavy atom. The Morgan fingerprint density at radius 2 is 2.21 bits per heavy atom. The van der Waals surface area contributed by atoms with Gasteiger partial charge < -0.3 is 0 Å². The minimum atomic E-state index is 1.09. The molecule has 0 radical (unpaired) electrons. The van der Waals surface area contributed by atoms with E-state index in [-0.39, 0.29) is 0 Å². The van der Waals surface area contributed by atoms with Crippen LogP contribution in [0.4, 0.5) is 0 Å². The molecular weight excluding hydrogens is 170 g/mol. The van der Waals surface area contributed by atoms with E-state index < -0.39 is 0 Å². The lowest BCUT2D eigenvalue weighted by Crippen LogP contribution is -1.86. The van der Waals surface area contributed by atoms with Crippen LogP contribution in [0.3, 0.4) is 0 Å². The van der Waals surface area contributed by atoms with Gasteiger partial charge in [-0.3, -0.25) is 4.99 Å². The number of allylic oxidation sites excluding steroid dienone is 3. The summed E-state index contributed by atoms with van der Waals surface area (Å²) in [5.74, 6) is 0. The van der Waals surface area contributed by atoms with Gasteiger partial charge in [0.2, 0.25) is 0 Å². The van der Waals surface area contributed by atoms with Gasteiger partial charge in [0.05, 0.1) is 0 Å². The first kappa shape index (κ1) is 10.5. The molecule has 72 valence electrons. The fourth-order valence-corrected chi connectivity index (χ4v) is 1.30. The first-order valence-corrected chi connectivity index (χ1v) is 4.60. The van der Waals surface area contributed by atoms with Crippen LogP contribution in [-0.2, 0) is 0 Å². The molecule has 0 saturated heterocycles. The largest absolute Gasteiger partial charge is 0.296 e. The Morgan fingerprint density at radius 1 is 1.43 bits per heavy atom. The van der Waals surface area contributed by atoms with Crippen LogP contribution in [0.25, 0.3) is 5.57 Å². The Kier molecular flexibility index (Phi) is 3.86. The molecular formula is C13H15N. The lowest BCUT2D eigenvalue weighted by atomic mass is 10.0. The highest BCUT2D eigenvalue weighted by Crippen LogP contribution is 2.13. The number of hydrogen-bond donors (Lipinski definition) is 0. The first-order valence-electron chi connectivity index (χ1n) is 4.60. The van der Waals surface area contributed by atoms with Gasteiger partial charge in [-0.2, -0.15) is 0 Å². The molecule has 0 saturated carbocycles. The standard InChI is InChI=1S/C13H15N/c1-4-6-13(10-14-3)12-8-5-7-11(2)9-12/h4-10H,1H2,2-3H3/b13-6+,14-10?. The SMILES string of the molecule is C=C/C=C(\C=NC)c1cccc(C)c1. The van der Waals surface area contributed by atoms with Crippen LogP contribution >= 0.6 is 0 Å². The Hall–Kier alpha value is -1.63. The number of benzene rings is 1. The molecule has 0 spiro atoms. The molecule has 1 aromatic carbocycles. The van der Waals surface area contributed by atoms with Crippen LogP contribution in [-0.4, -0.2) is 13.3 Å². The summed E-state index contributed by atoms with van der Waals surface area (Å²) in [6.07, 6.45) is 5.58. The zero-order chi connectivity index (χ0) is 10.4. The van der Waals surface area contributed by atoms with Crippen molar-refractivity contribution in [3.05, 3.63) is 54.1 Å². The summed E-state index contributed by atoms with van der Waals surface area (Å²) < 4.78 is 0. The van der Waals surface area contributed by atoms with Crippen molar-refractivity contribution < 1.29 is 0 Å². The van der Waals surface area contributed by atoms with Crippen LogP contribution in [0, 0.1) is 6.92 Å². The summed E-state index contributed by atoms with van der Waals surface area (Å²) in [5.41, 5.74) is 3.52. The molecule has 0 heterocycles. The predicted molar refractivity (Wildman–Crippen MR) is 63.8 cm³/mol. The van der Waals surface area contributed by atoms with Gasteiger partial charge in [-0.05, 0) is 18.1 Å². The maximum atomic E-state index is 4.02. The third kappa shape index (κ3) is 2.70. The maximum absolute atomic E-state index is 4.02. The summed E-state index contributed by atoms with van der Waals surface area (Å²) in [7, 11) is 1.77. The van der Waals surface area contributed by atoms with Crippen molar-refractivity contribution in [1.82, 2.24) is 0 Å². The number of aliphatic imine (C=N–C) groups is 1. The van der Waals surface area contributed by atoms with Crippen molar-refractivity contribution in [2.75, 3.05) is 7.05 Å². The number of nitrogens with zero attached hydrogens (tertiary/aromatic N) is 1. The summed E-state index contributed by atoms with van der Waals surface area (Å²) >= 11 is 0. The topological polar surface area (TPSA) is 12.4 Å². The first-order chi connectivity index (χ1) is 6.77. The summed E-state index contributed by atoms with van der Waals surface area (Å²) in [5, 5.41) is 0. The highest BCUT2D eigenvalue weighted by Gasteiger charge is 1.96. The van der Waals surface area contributed by atoms with Crippen LogP contribution < -0.4 is 0 Å². The fourth-order valence-electron chi connectivity index (χ4n) is 1.30. The molecule has 0 atom stereocenters. The van der Waals surface area contributed by atoms with E-state index in [1.165, 1.54) is 11.1 Å². The van der Waals surface area contributed by atoms with Gasteiger partial charge in [-0.15, -0.1) is 0 Å². The predicted octanol–water partition coefficient (Wildman–Crippen LogP) is 3.27. The van der Waals surface area contributed by atoms with E-state index in [1.807, 2.05) is 18.4 Å². The van der Waals surface area contributed by atoms with Gasteiger partial charge >= 0.3 is 0 Å². The normalized spacial score (nSPS) is 12.0. The molecule has 1 heteroatoms. The van der Waals surface area contributed by atoms with Crippen LogP contribution in [0.1, 0.15) is 11.1 Å². The van der Waals surface area contributed by atoms with Gasteiger partial charge in [-0.1, -0.05) is 48.6 Å². The van der Waals surface area contributed by atoms with Crippen LogP contribution in [0.15, 0.2) is 48.0 Å². The number of aryl methyl sites for hydroxylation is 1. The molecule has 0 aliphatic rings. The molecule has 0 N–H and O–H groups in total. The third-order valence-corrected chi connectivity index (χ3v) is 1.92. The summed E-state index contributed by atoms with van der Waals surface area (Å²) in [6.45, 7) is 5.77. The molecule has 0 aliphatic heterocycles. The lowest BCUT2D eigenvalue weighted by Gasteiger charge is -2.01. The lowest BCUT2D eigenvalue weighted by molar-refractivity contribution is 1.44.